The van der Waals surface area contributed by atoms with Crippen LogP contribution in [0.15, 0.2) is 42.9 Å². The number of pyridine rings is 2. The van der Waals surface area contributed by atoms with Crippen molar-refractivity contribution < 1.29 is 46.1 Å². The highest BCUT2D eigenvalue weighted by molar-refractivity contribution is 5.73. The number of hydrogen-bond acceptors (Lipinski definition) is 6. The summed E-state index contributed by atoms with van der Waals surface area (Å²) in [5.74, 6) is -4.10. The maximum Gasteiger partial charge on any atom is 0.490 e. The fourth-order valence-electron chi connectivity index (χ4n) is 3.17. The summed E-state index contributed by atoms with van der Waals surface area (Å²) < 4.78 is 65.4. The molecule has 0 spiro atoms. The van der Waals surface area contributed by atoms with Crippen LogP contribution in [0.5, 0.6) is 0 Å². The lowest BCUT2D eigenvalue weighted by Gasteiger charge is -2.27. The van der Waals surface area contributed by atoms with E-state index in [0.29, 0.717) is 5.92 Å². The van der Waals surface area contributed by atoms with Gasteiger partial charge in [-0.2, -0.15) is 31.4 Å². The number of carboxylic acid groups (broad SMARTS) is 2. The summed E-state index contributed by atoms with van der Waals surface area (Å²) in [6.07, 6.45) is -2.10. The van der Waals surface area contributed by atoms with Crippen LogP contribution in [0, 0.1) is 0 Å². The van der Waals surface area contributed by atoms with Crippen molar-refractivity contribution in [1.82, 2.24) is 24.5 Å². The number of nitrogens with zero attached hydrogens (tertiary/aromatic N) is 5. The first-order valence-electron chi connectivity index (χ1n) is 10.2. The Hall–Kier alpha value is -3.75. The Labute approximate surface area is 200 Å². The fraction of sp³-hybridized carbons (Fsp3) is 0.381. The van der Waals surface area contributed by atoms with Crippen molar-refractivity contribution in [3.05, 3.63) is 48.7 Å². The molecular weight excluding hydrogens is 500 g/mol. The van der Waals surface area contributed by atoms with E-state index in [1.807, 2.05) is 41.3 Å². The SMILES string of the molecule is CN1CCCC(c2nc3ccc(-c4ccncc4)cn3n2)C1.O=C(O)C(F)(F)F.O=C(O)C(F)(F)F. The smallest absolute Gasteiger partial charge is 0.475 e. The number of hydrogen-bond donors (Lipinski definition) is 2. The van der Waals surface area contributed by atoms with E-state index in [4.69, 9.17) is 29.9 Å². The van der Waals surface area contributed by atoms with Crippen LogP contribution in [0.4, 0.5) is 26.3 Å². The maximum atomic E-state index is 10.6. The summed E-state index contributed by atoms with van der Waals surface area (Å²) in [4.78, 5) is 28.9. The van der Waals surface area contributed by atoms with E-state index in [1.54, 1.807) is 0 Å². The van der Waals surface area contributed by atoms with Crippen LogP contribution < -0.4 is 0 Å². The molecule has 1 aliphatic heterocycles. The van der Waals surface area contributed by atoms with Crippen LogP contribution in [0.1, 0.15) is 24.6 Å². The standard InChI is InChI=1S/C17H19N5.2C2HF3O2/c1-21-10-2-3-15(11-21)17-19-16-5-4-14(12-22(16)20-17)13-6-8-18-9-7-13;2*3-2(4,5)1(6)7/h4-9,12,15H,2-3,10-11H2,1H3;2*(H,6,7). The molecule has 1 fully saturated rings. The van der Waals surface area contributed by atoms with Gasteiger partial charge >= 0.3 is 24.3 Å². The van der Waals surface area contributed by atoms with E-state index >= 15 is 0 Å². The molecule has 0 amide bonds. The Bertz CT molecular complexity index is 1140. The number of aromatic nitrogens is 4. The summed E-state index contributed by atoms with van der Waals surface area (Å²) in [6.45, 7) is 2.23. The van der Waals surface area contributed by atoms with Crippen molar-refractivity contribution in [3.63, 3.8) is 0 Å². The number of alkyl halides is 6. The molecule has 36 heavy (non-hydrogen) atoms. The zero-order valence-corrected chi connectivity index (χ0v) is 18.7. The third kappa shape index (κ3) is 8.48. The number of carbonyl (C=O) groups is 2. The Morgan fingerprint density at radius 2 is 1.50 bits per heavy atom. The molecule has 0 aliphatic carbocycles. The van der Waals surface area contributed by atoms with Crippen molar-refractivity contribution in [2.45, 2.75) is 31.1 Å². The quantitative estimate of drug-likeness (QED) is 0.488. The number of piperidine rings is 1. The molecule has 3 aromatic rings. The average molecular weight is 521 g/mol. The van der Waals surface area contributed by atoms with Gasteiger partial charge in [-0.1, -0.05) is 0 Å². The third-order valence-electron chi connectivity index (χ3n) is 4.84. The van der Waals surface area contributed by atoms with Crippen LogP contribution in [0.3, 0.4) is 0 Å². The molecule has 2 N–H and O–H groups in total. The molecule has 15 heteroatoms. The zero-order valence-electron chi connectivity index (χ0n) is 18.7. The van der Waals surface area contributed by atoms with Crippen molar-refractivity contribution in [2.24, 2.45) is 0 Å². The minimum Gasteiger partial charge on any atom is -0.475 e. The van der Waals surface area contributed by atoms with Gasteiger partial charge in [0.05, 0.1) is 0 Å². The molecular formula is C21H21F6N5O4. The minimum absolute atomic E-state index is 0.447. The van der Waals surface area contributed by atoms with Gasteiger partial charge in [-0.05, 0) is 56.3 Å². The second-order valence-corrected chi connectivity index (χ2v) is 7.63. The first-order chi connectivity index (χ1) is 16.7. The van der Waals surface area contributed by atoms with Crippen molar-refractivity contribution >= 4 is 17.6 Å². The lowest BCUT2D eigenvalue weighted by Crippen LogP contribution is -2.31. The van der Waals surface area contributed by atoms with E-state index in [9.17, 15) is 26.3 Å². The predicted molar refractivity (Wildman–Crippen MR) is 113 cm³/mol. The molecule has 9 nitrogen and oxygen atoms in total. The second-order valence-electron chi connectivity index (χ2n) is 7.63. The van der Waals surface area contributed by atoms with Crippen LogP contribution in [-0.4, -0.2) is 79.1 Å². The Morgan fingerprint density at radius 1 is 0.944 bits per heavy atom. The van der Waals surface area contributed by atoms with Crippen LogP contribution in [0.2, 0.25) is 0 Å². The second kappa shape index (κ2) is 11.8. The Morgan fingerprint density at radius 3 is 2.00 bits per heavy atom. The van der Waals surface area contributed by atoms with Gasteiger partial charge in [-0.3, -0.25) is 4.98 Å². The molecule has 0 radical (unpaired) electrons. The number of aliphatic carboxylic acids is 2. The van der Waals surface area contributed by atoms with Crippen LogP contribution in [0.25, 0.3) is 16.8 Å². The van der Waals surface area contributed by atoms with Gasteiger partial charge in [-0.15, -0.1) is 0 Å². The number of fused-ring (bicyclic) bond motifs is 1. The molecule has 0 aromatic carbocycles. The van der Waals surface area contributed by atoms with E-state index < -0.39 is 24.3 Å². The summed E-state index contributed by atoms with van der Waals surface area (Å²) in [6, 6.07) is 8.15. The molecule has 0 saturated carbocycles. The highest BCUT2D eigenvalue weighted by atomic mass is 19.4. The van der Waals surface area contributed by atoms with Gasteiger partial charge in [-0.25, -0.2) is 19.1 Å². The maximum absolute atomic E-state index is 10.6. The Kier molecular flexibility index (Phi) is 9.33. The van der Waals surface area contributed by atoms with E-state index in [2.05, 4.69) is 23.0 Å². The number of likely N-dealkylation sites (tertiary alicyclic amines) is 1. The molecule has 0 bridgehead atoms. The first-order valence-corrected chi connectivity index (χ1v) is 10.2. The van der Waals surface area contributed by atoms with E-state index in [-0.39, 0.29) is 0 Å². The zero-order chi connectivity index (χ0) is 27.1. The summed E-state index contributed by atoms with van der Waals surface area (Å²) in [5.41, 5.74) is 3.19. The number of carboxylic acids is 2. The van der Waals surface area contributed by atoms with Crippen LogP contribution in [-0.2, 0) is 9.59 Å². The number of halogens is 6. The molecule has 4 heterocycles. The molecule has 3 aromatic heterocycles. The summed E-state index contributed by atoms with van der Waals surface area (Å²) in [7, 11) is 2.17. The number of likely N-dealkylation sites (N-methyl/N-ethyl adjacent to an activating group) is 1. The molecule has 4 rings (SSSR count). The molecule has 1 atom stereocenters. The minimum atomic E-state index is -5.08. The highest BCUT2D eigenvalue weighted by Crippen LogP contribution is 2.25. The lowest BCUT2D eigenvalue weighted by molar-refractivity contribution is -0.193. The van der Waals surface area contributed by atoms with Crippen molar-refractivity contribution in [3.8, 4) is 11.1 Å². The first kappa shape index (κ1) is 28.5. The van der Waals surface area contributed by atoms with E-state index in [1.165, 1.54) is 19.4 Å². The van der Waals surface area contributed by atoms with Gasteiger partial charge < -0.3 is 15.1 Å². The monoisotopic (exact) mass is 521 g/mol. The summed E-state index contributed by atoms with van der Waals surface area (Å²) in [5, 5.41) is 19.0. The van der Waals surface area contributed by atoms with Gasteiger partial charge in [0.2, 0.25) is 0 Å². The lowest BCUT2D eigenvalue weighted by atomic mass is 9.98. The third-order valence-corrected chi connectivity index (χ3v) is 4.84. The highest BCUT2D eigenvalue weighted by Gasteiger charge is 2.38. The molecule has 1 saturated heterocycles. The van der Waals surface area contributed by atoms with Gasteiger partial charge in [0.15, 0.2) is 11.5 Å². The van der Waals surface area contributed by atoms with Crippen molar-refractivity contribution in [2.75, 3.05) is 20.1 Å². The van der Waals surface area contributed by atoms with Gasteiger partial charge in [0, 0.05) is 36.6 Å². The van der Waals surface area contributed by atoms with Gasteiger partial charge in [0.1, 0.15) is 0 Å². The fourth-order valence-corrected chi connectivity index (χ4v) is 3.17. The average Bonchev–Trinajstić information content (AvgIpc) is 3.23. The number of rotatable bonds is 2. The predicted octanol–water partition coefficient (Wildman–Crippen LogP) is 3.87. The normalized spacial score (nSPS) is 16.4. The molecule has 1 unspecified atom stereocenters. The van der Waals surface area contributed by atoms with Crippen LogP contribution >= 0.6 is 0 Å². The molecule has 1 aliphatic rings. The van der Waals surface area contributed by atoms with Gasteiger partial charge in [0.25, 0.3) is 0 Å². The topological polar surface area (TPSA) is 121 Å². The van der Waals surface area contributed by atoms with E-state index in [0.717, 1.165) is 29.1 Å². The molecule has 196 valence electrons. The Balaban J connectivity index is 0.000000271. The summed E-state index contributed by atoms with van der Waals surface area (Å²) >= 11 is 0. The van der Waals surface area contributed by atoms with Crippen molar-refractivity contribution in [1.29, 1.82) is 0 Å². The largest absolute Gasteiger partial charge is 0.490 e.